The molecule has 0 aliphatic rings. The third kappa shape index (κ3) is 8.50. The molecule has 1 N–H and O–H groups in total. The molecule has 80 valence electrons. The van der Waals surface area contributed by atoms with Gasteiger partial charge in [-0.15, -0.1) is 11.6 Å². The van der Waals surface area contributed by atoms with Gasteiger partial charge in [0, 0.05) is 19.0 Å². The number of rotatable bonds is 7. The van der Waals surface area contributed by atoms with Gasteiger partial charge in [-0.25, -0.2) is 0 Å². The zero-order chi connectivity index (χ0) is 10.3. The Bertz CT molecular complexity index is 122. The lowest BCUT2D eigenvalue weighted by molar-refractivity contribution is 0.0547. The van der Waals surface area contributed by atoms with Crippen molar-refractivity contribution in [3.8, 4) is 0 Å². The van der Waals surface area contributed by atoms with Crippen LogP contribution in [-0.4, -0.2) is 54.8 Å². The van der Waals surface area contributed by atoms with Gasteiger partial charge in [0.15, 0.2) is 0 Å². The van der Waals surface area contributed by atoms with E-state index in [1.165, 1.54) is 0 Å². The Morgan fingerprint density at radius 1 is 1.46 bits per heavy atom. The average Bonchev–Trinajstić information content (AvgIpc) is 2.03. The topological polar surface area (TPSA) is 32.7 Å². The fourth-order valence-corrected chi connectivity index (χ4v) is 1.04. The van der Waals surface area contributed by atoms with Gasteiger partial charge in [-0.1, -0.05) is 0 Å². The summed E-state index contributed by atoms with van der Waals surface area (Å²) in [5.41, 5.74) is 0. The standard InChI is InChI=1S/C9H20ClNO2/c1-8(2)13-5-4-11(3)7-9(12)6-10/h8-9,12H,4-7H2,1-3H3. The Labute approximate surface area is 85.6 Å². The molecule has 0 aliphatic heterocycles. The van der Waals surface area contributed by atoms with Crippen LogP contribution in [0.4, 0.5) is 0 Å². The van der Waals surface area contributed by atoms with E-state index in [9.17, 15) is 5.11 Å². The largest absolute Gasteiger partial charge is 0.391 e. The number of halogens is 1. The minimum absolute atomic E-state index is 0.270. The lowest BCUT2D eigenvalue weighted by Gasteiger charge is -2.19. The molecule has 0 spiro atoms. The molecule has 0 heterocycles. The number of ether oxygens (including phenoxy) is 1. The van der Waals surface area contributed by atoms with Crippen molar-refractivity contribution in [3.63, 3.8) is 0 Å². The first kappa shape index (κ1) is 13.2. The van der Waals surface area contributed by atoms with Crippen molar-refractivity contribution in [1.82, 2.24) is 4.90 Å². The quantitative estimate of drug-likeness (QED) is 0.634. The van der Waals surface area contributed by atoms with E-state index in [1.807, 2.05) is 25.8 Å². The third-order valence-corrected chi connectivity index (χ3v) is 1.98. The highest BCUT2D eigenvalue weighted by Crippen LogP contribution is 1.93. The molecule has 0 saturated heterocycles. The monoisotopic (exact) mass is 209 g/mol. The summed E-state index contributed by atoms with van der Waals surface area (Å²) in [7, 11) is 1.94. The highest BCUT2D eigenvalue weighted by molar-refractivity contribution is 6.18. The second-order valence-electron chi connectivity index (χ2n) is 3.49. The Morgan fingerprint density at radius 2 is 2.08 bits per heavy atom. The van der Waals surface area contributed by atoms with E-state index in [0.717, 1.165) is 6.54 Å². The van der Waals surface area contributed by atoms with Crippen LogP contribution in [0.25, 0.3) is 0 Å². The van der Waals surface area contributed by atoms with Crippen LogP contribution in [0.15, 0.2) is 0 Å². The summed E-state index contributed by atoms with van der Waals surface area (Å²) >= 11 is 5.47. The summed E-state index contributed by atoms with van der Waals surface area (Å²) in [5.74, 6) is 0.287. The zero-order valence-corrected chi connectivity index (χ0v) is 9.42. The van der Waals surface area contributed by atoms with Crippen LogP contribution in [0.2, 0.25) is 0 Å². The predicted octanol–water partition coefficient (Wildman–Crippen LogP) is 0.943. The first-order valence-corrected chi connectivity index (χ1v) is 5.14. The van der Waals surface area contributed by atoms with Crippen molar-refractivity contribution >= 4 is 11.6 Å². The summed E-state index contributed by atoms with van der Waals surface area (Å²) in [6.45, 7) is 6.14. The van der Waals surface area contributed by atoms with Gasteiger partial charge in [-0.3, -0.25) is 0 Å². The average molecular weight is 210 g/mol. The third-order valence-electron chi connectivity index (χ3n) is 1.62. The van der Waals surface area contributed by atoms with Gasteiger partial charge in [-0.05, 0) is 20.9 Å². The molecule has 1 atom stereocenters. The van der Waals surface area contributed by atoms with Crippen molar-refractivity contribution in [2.24, 2.45) is 0 Å². The van der Waals surface area contributed by atoms with Crippen LogP contribution in [0.1, 0.15) is 13.8 Å². The smallest absolute Gasteiger partial charge is 0.0802 e. The molecule has 0 bridgehead atoms. The SMILES string of the molecule is CC(C)OCCN(C)CC(O)CCl. The number of likely N-dealkylation sites (N-methyl/N-ethyl adjacent to an activating group) is 1. The molecule has 13 heavy (non-hydrogen) atoms. The molecule has 0 amide bonds. The molecule has 4 heteroatoms. The molecule has 0 aromatic rings. The maximum atomic E-state index is 9.22. The molecule has 0 aromatic heterocycles. The van der Waals surface area contributed by atoms with E-state index in [1.54, 1.807) is 0 Å². The zero-order valence-electron chi connectivity index (χ0n) is 8.66. The van der Waals surface area contributed by atoms with E-state index in [0.29, 0.717) is 13.2 Å². The minimum atomic E-state index is -0.439. The van der Waals surface area contributed by atoms with Crippen molar-refractivity contribution in [1.29, 1.82) is 0 Å². The summed E-state index contributed by atoms with van der Waals surface area (Å²) < 4.78 is 5.37. The fourth-order valence-electron chi connectivity index (χ4n) is 0.944. The Hall–Kier alpha value is 0.170. The van der Waals surface area contributed by atoms with Crippen molar-refractivity contribution in [2.75, 3.05) is 32.6 Å². The highest BCUT2D eigenvalue weighted by atomic mass is 35.5. The number of hydrogen-bond donors (Lipinski definition) is 1. The number of aliphatic hydroxyl groups is 1. The number of nitrogens with zero attached hydrogens (tertiary/aromatic N) is 1. The van der Waals surface area contributed by atoms with Crippen LogP contribution in [0, 0.1) is 0 Å². The molecular formula is C9H20ClNO2. The van der Waals surface area contributed by atoms with Gasteiger partial charge in [0.2, 0.25) is 0 Å². The minimum Gasteiger partial charge on any atom is -0.391 e. The fraction of sp³-hybridized carbons (Fsp3) is 1.00. The molecule has 3 nitrogen and oxygen atoms in total. The van der Waals surface area contributed by atoms with E-state index in [-0.39, 0.29) is 12.0 Å². The van der Waals surface area contributed by atoms with Gasteiger partial charge in [0.25, 0.3) is 0 Å². The summed E-state index contributed by atoms with van der Waals surface area (Å²) in [6.07, 6.45) is -0.169. The molecule has 0 rings (SSSR count). The van der Waals surface area contributed by atoms with Gasteiger partial charge < -0.3 is 14.7 Å². The summed E-state index contributed by atoms with van der Waals surface area (Å²) in [5, 5.41) is 9.22. The molecule has 1 unspecified atom stereocenters. The van der Waals surface area contributed by atoms with Crippen molar-refractivity contribution < 1.29 is 9.84 Å². The number of aliphatic hydroxyl groups excluding tert-OH is 1. The van der Waals surface area contributed by atoms with Gasteiger partial charge in [0.05, 0.1) is 18.8 Å². The van der Waals surface area contributed by atoms with Crippen LogP contribution in [0.3, 0.4) is 0 Å². The maximum absolute atomic E-state index is 9.22. The van der Waals surface area contributed by atoms with Crippen LogP contribution < -0.4 is 0 Å². The lowest BCUT2D eigenvalue weighted by atomic mass is 10.4. The van der Waals surface area contributed by atoms with E-state index < -0.39 is 6.10 Å². The van der Waals surface area contributed by atoms with Gasteiger partial charge in [0.1, 0.15) is 0 Å². The van der Waals surface area contributed by atoms with Crippen LogP contribution >= 0.6 is 11.6 Å². The lowest BCUT2D eigenvalue weighted by Crippen LogP contribution is -2.33. The Kier molecular flexibility index (Phi) is 7.66. The van der Waals surface area contributed by atoms with E-state index >= 15 is 0 Å². The highest BCUT2D eigenvalue weighted by Gasteiger charge is 2.06. The summed E-state index contributed by atoms with van der Waals surface area (Å²) in [6, 6.07) is 0. The number of hydrogen-bond acceptors (Lipinski definition) is 3. The van der Waals surface area contributed by atoms with Gasteiger partial charge in [-0.2, -0.15) is 0 Å². The Morgan fingerprint density at radius 3 is 2.54 bits per heavy atom. The molecule has 0 aromatic carbocycles. The van der Waals surface area contributed by atoms with Crippen LogP contribution in [0.5, 0.6) is 0 Å². The molecular weight excluding hydrogens is 190 g/mol. The molecule has 0 aliphatic carbocycles. The number of alkyl halides is 1. The second-order valence-corrected chi connectivity index (χ2v) is 3.80. The maximum Gasteiger partial charge on any atom is 0.0802 e. The van der Waals surface area contributed by atoms with Crippen molar-refractivity contribution in [3.05, 3.63) is 0 Å². The van der Waals surface area contributed by atoms with E-state index in [2.05, 4.69) is 0 Å². The van der Waals surface area contributed by atoms with E-state index in [4.69, 9.17) is 16.3 Å². The normalized spacial score (nSPS) is 14.1. The molecule has 0 saturated carbocycles. The summed E-state index contributed by atoms with van der Waals surface area (Å²) in [4.78, 5) is 2.01. The molecule has 0 radical (unpaired) electrons. The predicted molar refractivity (Wildman–Crippen MR) is 55.3 cm³/mol. The molecule has 0 fully saturated rings. The van der Waals surface area contributed by atoms with Crippen LogP contribution in [-0.2, 0) is 4.74 Å². The first-order chi connectivity index (χ1) is 6.06. The first-order valence-electron chi connectivity index (χ1n) is 4.60. The van der Waals surface area contributed by atoms with Gasteiger partial charge >= 0.3 is 0 Å². The Balaban J connectivity index is 3.34. The second kappa shape index (κ2) is 7.56. The van der Waals surface area contributed by atoms with Crippen molar-refractivity contribution in [2.45, 2.75) is 26.1 Å².